The van der Waals surface area contributed by atoms with Crippen LogP contribution >= 0.6 is 11.6 Å². The average Bonchev–Trinajstić information content (AvgIpc) is 2.55. The standard InChI is InChI=1S/C18H21ClN2O/c19-11-12-20-18(22)21-17(13-15-7-3-1-4-8-15)14-16-9-5-2-6-10-16/h1-10,17H,11-14H2,(H2,20,21,22). The van der Waals surface area contributed by atoms with Gasteiger partial charge in [-0.15, -0.1) is 11.6 Å². The normalized spacial score (nSPS) is 10.5. The predicted molar refractivity (Wildman–Crippen MR) is 91.3 cm³/mol. The van der Waals surface area contributed by atoms with Crippen molar-refractivity contribution in [3.05, 3.63) is 71.8 Å². The molecule has 0 heterocycles. The minimum Gasteiger partial charge on any atom is -0.337 e. The largest absolute Gasteiger partial charge is 0.337 e. The highest BCUT2D eigenvalue weighted by molar-refractivity contribution is 6.18. The Labute approximate surface area is 136 Å². The van der Waals surface area contributed by atoms with E-state index in [9.17, 15) is 4.79 Å². The molecule has 2 rings (SSSR count). The molecule has 0 saturated heterocycles. The average molecular weight is 317 g/mol. The molecule has 0 aliphatic rings. The number of hydrogen-bond donors (Lipinski definition) is 2. The molecule has 2 N–H and O–H groups in total. The van der Waals surface area contributed by atoms with Crippen LogP contribution in [0.25, 0.3) is 0 Å². The molecular formula is C18H21ClN2O. The Bertz CT molecular complexity index is 518. The lowest BCUT2D eigenvalue weighted by Gasteiger charge is -2.19. The lowest BCUT2D eigenvalue weighted by Crippen LogP contribution is -2.44. The van der Waals surface area contributed by atoms with Crippen LogP contribution in [0.5, 0.6) is 0 Å². The highest BCUT2D eigenvalue weighted by atomic mass is 35.5. The van der Waals surface area contributed by atoms with E-state index < -0.39 is 0 Å². The number of alkyl halides is 1. The van der Waals surface area contributed by atoms with Crippen LogP contribution in [0.3, 0.4) is 0 Å². The van der Waals surface area contributed by atoms with Crippen molar-refractivity contribution in [2.45, 2.75) is 18.9 Å². The van der Waals surface area contributed by atoms with E-state index in [2.05, 4.69) is 34.9 Å². The summed E-state index contributed by atoms with van der Waals surface area (Å²) in [6.07, 6.45) is 1.59. The Morgan fingerprint density at radius 3 is 1.86 bits per heavy atom. The van der Waals surface area contributed by atoms with E-state index >= 15 is 0 Å². The minimum absolute atomic E-state index is 0.0418. The third-order valence-electron chi connectivity index (χ3n) is 3.37. The second kappa shape index (κ2) is 9.11. The van der Waals surface area contributed by atoms with Crippen molar-refractivity contribution in [1.82, 2.24) is 10.6 Å². The topological polar surface area (TPSA) is 41.1 Å². The summed E-state index contributed by atoms with van der Waals surface area (Å²) in [6.45, 7) is 0.469. The van der Waals surface area contributed by atoms with Crippen molar-refractivity contribution in [3.8, 4) is 0 Å². The van der Waals surface area contributed by atoms with E-state index in [1.807, 2.05) is 36.4 Å². The van der Waals surface area contributed by atoms with Crippen molar-refractivity contribution in [2.75, 3.05) is 12.4 Å². The van der Waals surface area contributed by atoms with Gasteiger partial charge in [-0.2, -0.15) is 0 Å². The number of carbonyl (C=O) groups is 1. The van der Waals surface area contributed by atoms with Gasteiger partial charge in [0.15, 0.2) is 0 Å². The summed E-state index contributed by atoms with van der Waals surface area (Å²) in [5.74, 6) is 0.412. The van der Waals surface area contributed by atoms with Crippen molar-refractivity contribution in [3.63, 3.8) is 0 Å². The molecule has 2 aromatic rings. The van der Waals surface area contributed by atoms with Gasteiger partial charge in [0, 0.05) is 18.5 Å². The highest BCUT2D eigenvalue weighted by Crippen LogP contribution is 2.09. The fourth-order valence-corrected chi connectivity index (χ4v) is 2.46. The summed E-state index contributed by atoms with van der Waals surface area (Å²) in [5, 5.41) is 5.79. The summed E-state index contributed by atoms with van der Waals surface area (Å²) >= 11 is 5.60. The molecule has 4 heteroatoms. The lowest BCUT2D eigenvalue weighted by molar-refractivity contribution is 0.237. The Hall–Kier alpha value is -2.00. The van der Waals surface area contributed by atoms with Gasteiger partial charge in [0.05, 0.1) is 0 Å². The molecule has 2 amide bonds. The summed E-state index contributed by atoms with van der Waals surface area (Å²) in [4.78, 5) is 11.9. The van der Waals surface area contributed by atoms with Crippen LogP contribution in [-0.4, -0.2) is 24.5 Å². The van der Waals surface area contributed by atoms with Gasteiger partial charge in [-0.1, -0.05) is 60.7 Å². The van der Waals surface area contributed by atoms with Crippen LogP contribution < -0.4 is 10.6 Å². The van der Waals surface area contributed by atoms with Gasteiger partial charge in [-0.25, -0.2) is 4.79 Å². The van der Waals surface area contributed by atoms with Crippen LogP contribution in [0.15, 0.2) is 60.7 Å². The van der Waals surface area contributed by atoms with Gasteiger partial charge in [-0.05, 0) is 24.0 Å². The summed E-state index contributed by atoms with van der Waals surface area (Å²) in [6, 6.07) is 20.2. The summed E-state index contributed by atoms with van der Waals surface area (Å²) in [5.41, 5.74) is 2.42. The van der Waals surface area contributed by atoms with Crippen molar-refractivity contribution < 1.29 is 4.79 Å². The first kappa shape index (κ1) is 16.4. The number of amides is 2. The van der Waals surface area contributed by atoms with Gasteiger partial charge in [-0.3, -0.25) is 0 Å². The fourth-order valence-electron chi connectivity index (χ4n) is 2.37. The molecule has 0 aliphatic carbocycles. The zero-order valence-corrected chi connectivity index (χ0v) is 13.2. The van der Waals surface area contributed by atoms with Gasteiger partial charge >= 0.3 is 6.03 Å². The number of nitrogens with one attached hydrogen (secondary N) is 2. The first-order valence-corrected chi connectivity index (χ1v) is 7.99. The molecular weight excluding hydrogens is 296 g/mol. The van der Waals surface area contributed by atoms with Gasteiger partial charge < -0.3 is 10.6 Å². The van der Waals surface area contributed by atoms with Gasteiger partial charge in [0.1, 0.15) is 0 Å². The van der Waals surface area contributed by atoms with E-state index in [4.69, 9.17) is 11.6 Å². The predicted octanol–water partition coefficient (Wildman–Crippen LogP) is 3.38. The molecule has 3 nitrogen and oxygen atoms in total. The van der Waals surface area contributed by atoms with E-state index in [1.54, 1.807) is 0 Å². The summed E-state index contributed by atoms with van der Waals surface area (Å²) in [7, 11) is 0. The van der Waals surface area contributed by atoms with Crippen LogP contribution in [0.2, 0.25) is 0 Å². The van der Waals surface area contributed by atoms with Crippen molar-refractivity contribution in [2.24, 2.45) is 0 Å². The number of urea groups is 1. The smallest absolute Gasteiger partial charge is 0.315 e. The van der Waals surface area contributed by atoms with Crippen molar-refractivity contribution in [1.29, 1.82) is 0 Å². The molecule has 0 unspecified atom stereocenters. The molecule has 22 heavy (non-hydrogen) atoms. The molecule has 0 atom stereocenters. The number of benzene rings is 2. The number of halogens is 1. The second-order valence-corrected chi connectivity index (χ2v) is 5.54. The van der Waals surface area contributed by atoms with Crippen LogP contribution in [0.1, 0.15) is 11.1 Å². The third kappa shape index (κ3) is 5.78. The Morgan fingerprint density at radius 2 is 1.41 bits per heavy atom. The lowest BCUT2D eigenvalue weighted by atomic mass is 9.99. The Balaban J connectivity index is 2.01. The molecule has 0 saturated carbocycles. The van der Waals surface area contributed by atoms with Crippen LogP contribution in [0, 0.1) is 0 Å². The molecule has 0 radical (unpaired) electrons. The fraction of sp³-hybridized carbons (Fsp3) is 0.278. The maximum atomic E-state index is 11.9. The maximum Gasteiger partial charge on any atom is 0.315 e. The van der Waals surface area contributed by atoms with E-state index in [0.717, 1.165) is 12.8 Å². The SMILES string of the molecule is O=C(NCCCl)NC(Cc1ccccc1)Cc1ccccc1. The van der Waals surface area contributed by atoms with Crippen LogP contribution in [0.4, 0.5) is 4.79 Å². The van der Waals surface area contributed by atoms with E-state index in [1.165, 1.54) is 11.1 Å². The third-order valence-corrected chi connectivity index (χ3v) is 3.55. The number of rotatable bonds is 7. The molecule has 2 aromatic carbocycles. The first-order valence-electron chi connectivity index (χ1n) is 7.46. The van der Waals surface area contributed by atoms with Gasteiger partial charge in [0.2, 0.25) is 0 Å². The highest BCUT2D eigenvalue weighted by Gasteiger charge is 2.13. The summed E-state index contributed by atoms with van der Waals surface area (Å²) < 4.78 is 0. The molecule has 0 fully saturated rings. The molecule has 0 bridgehead atoms. The quantitative estimate of drug-likeness (QED) is 0.755. The Morgan fingerprint density at radius 1 is 0.909 bits per heavy atom. The minimum atomic E-state index is -0.169. The van der Waals surface area contributed by atoms with Gasteiger partial charge in [0.25, 0.3) is 0 Å². The van der Waals surface area contributed by atoms with E-state index in [0.29, 0.717) is 12.4 Å². The van der Waals surface area contributed by atoms with Crippen LogP contribution in [-0.2, 0) is 12.8 Å². The molecule has 116 valence electrons. The van der Waals surface area contributed by atoms with E-state index in [-0.39, 0.29) is 12.1 Å². The molecule has 0 aliphatic heterocycles. The number of carbonyl (C=O) groups excluding carboxylic acids is 1. The monoisotopic (exact) mass is 316 g/mol. The zero-order chi connectivity index (χ0) is 15.6. The Kier molecular flexibility index (Phi) is 6.78. The van der Waals surface area contributed by atoms with Crippen molar-refractivity contribution >= 4 is 17.6 Å². The zero-order valence-electron chi connectivity index (χ0n) is 12.5. The first-order chi connectivity index (χ1) is 10.8. The maximum absolute atomic E-state index is 11.9. The number of hydrogen-bond acceptors (Lipinski definition) is 1. The molecule has 0 aromatic heterocycles. The second-order valence-electron chi connectivity index (χ2n) is 5.17. The molecule has 0 spiro atoms.